The average Bonchev–Trinajstić information content (AvgIpc) is 2.24. The van der Waals surface area contributed by atoms with E-state index in [1.165, 1.54) is 0 Å². The Balaban J connectivity index is 2.88. The van der Waals surface area contributed by atoms with Crippen molar-refractivity contribution in [1.82, 2.24) is 4.90 Å². The van der Waals surface area contributed by atoms with Crippen LogP contribution in [0.3, 0.4) is 0 Å². The van der Waals surface area contributed by atoms with Gasteiger partial charge < -0.3 is 4.74 Å². The highest BCUT2D eigenvalue weighted by Gasteiger charge is 2.40. The van der Waals surface area contributed by atoms with Crippen LogP contribution in [0.4, 0.5) is 4.79 Å². The highest BCUT2D eigenvalue weighted by Crippen LogP contribution is 2.33. The van der Waals surface area contributed by atoms with Crippen molar-refractivity contribution in [2.24, 2.45) is 5.41 Å². The van der Waals surface area contributed by atoms with Crippen LogP contribution in [-0.2, 0) is 9.53 Å². The molecule has 1 aliphatic rings. The fourth-order valence-electron chi connectivity index (χ4n) is 2.27. The Morgan fingerprint density at radius 1 is 1.37 bits per heavy atom. The Bertz CT molecular complexity index is 360. The van der Waals surface area contributed by atoms with Crippen LogP contribution in [0.2, 0.25) is 0 Å². The van der Waals surface area contributed by atoms with Crippen LogP contribution in [0, 0.1) is 5.41 Å². The molecule has 1 saturated heterocycles. The van der Waals surface area contributed by atoms with Crippen molar-refractivity contribution in [2.75, 3.05) is 12.4 Å². The van der Waals surface area contributed by atoms with Gasteiger partial charge in [-0.25, -0.2) is 4.79 Å². The van der Waals surface area contributed by atoms with Crippen molar-refractivity contribution in [2.45, 2.75) is 59.1 Å². The highest BCUT2D eigenvalue weighted by molar-refractivity contribution is 6.28. The molecule has 0 saturated carbocycles. The number of rotatable bonds is 2. The Labute approximate surface area is 120 Å². The minimum absolute atomic E-state index is 0.00000283. The summed E-state index contributed by atoms with van der Waals surface area (Å²) in [7, 11) is 0. The molecule has 1 rings (SSSR count). The summed E-state index contributed by atoms with van der Waals surface area (Å²) in [5.74, 6) is -0.173. The third-order valence-corrected chi connectivity index (χ3v) is 3.46. The summed E-state index contributed by atoms with van der Waals surface area (Å²) in [6.45, 7) is 10.2. The molecule has 0 aromatic rings. The number of ether oxygens (including phenoxy) is 1. The standard InChI is InChI=1S/C14H24ClNO3/c1-13(2,3)19-12(18)16-9-14(4,5)7-6-10(16)11(17)8-15/h10H,6-9H2,1-5H3. The number of carbonyl (C=O) groups excluding carboxylic acids is 2. The van der Waals surface area contributed by atoms with Gasteiger partial charge in [-0.3, -0.25) is 9.69 Å². The molecule has 1 unspecified atom stereocenters. The quantitative estimate of drug-likeness (QED) is 0.733. The second-order valence-corrected chi connectivity index (χ2v) is 7.19. The van der Waals surface area contributed by atoms with Crippen LogP contribution in [-0.4, -0.2) is 40.8 Å². The fraction of sp³-hybridized carbons (Fsp3) is 0.857. The molecular formula is C14H24ClNO3. The molecule has 0 radical (unpaired) electrons. The first-order chi connectivity index (χ1) is 8.56. The topological polar surface area (TPSA) is 46.6 Å². The van der Waals surface area contributed by atoms with Gasteiger partial charge in [0.15, 0.2) is 5.78 Å². The van der Waals surface area contributed by atoms with E-state index in [0.29, 0.717) is 13.0 Å². The number of Topliss-reactive ketones (excluding diaryl/α,β-unsaturated/α-hetero) is 1. The van der Waals surface area contributed by atoms with Crippen molar-refractivity contribution in [3.05, 3.63) is 0 Å². The average molecular weight is 290 g/mol. The minimum Gasteiger partial charge on any atom is -0.444 e. The predicted molar refractivity (Wildman–Crippen MR) is 75.5 cm³/mol. The van der Waals surface area contributed by atoms with Gasteiger partial charge in [0.1, 0.15) is 5.60 Å². The Morgan fingerprint density at radius 2 is 1.95 bits per heavy atom. The third-order valence-electron chi connectivity index (χ3n) is 3.20. The monoisotopic (exact) mass is 289 g/mol. The molecule has 1 fully saturated rings. The summed E-state index contributed by atoms with van der Waals surface area (Å²) in [6, 6.07) is -0.444. The van der Waals surface area contributed by atoms with Crippen LogP contribution in [0.15, 0.2) is 0 Å². The molecular weight excluding hydrogens is 266 g/mol. The summed E-state index contributed by atoms with van der Waals surface area (Å²) in [5.41, 5.74) is -0.562. The van der Waals surface area contributed by atoms with E-state index < -0.39 is 17.7 Å². The summed E-state index contributed by atoms with van der Waals surface area (Å²) >= 11 is 5.63. The van der Waals surface area contributed by atoms with Gasteiger partial charge in [-0.15, -0.1) is 11.6 Å². The lowest BCUT2D eigenvalue weighted by Crippen LogP contribution is -2.54. The SMILES string of the molecule is CC1(C)CCC(C(=O)CCl)N(C(=O)OC(C)(C)C)C1. The van der Waals surface area contributed by atoms with Gasteiger partial charge in [0, 0.05) is 6.54 Å². The molecule has 1 amide bonds. The second-order valence-electron chi connectivity index (χ2n) is 6.93. The van der Waals surface area contributed by atoms with Gasteiger partial charge in [-0.1, -0.05) is 13.8 Å². The summed E-state index contributed by atoms with van der Waals surface area (Å²) in [5, 5.41) is 0. The van der Waals surface area contributed by atoms with E-state index in [4.69, 9.17) is 16.3 Å². The molecule has 1 atom stereocenters. The van der Waals surface area contributed by atoms with Crippen LogP contribution in [0.1, 0.15) is 47.5 Å². The van der Waals surface area contributed by atoms with Gasteiger partial charge >= 0.3 is 6.09 Å². The van der Waals surface area contributed by atoms with Crippen LogP contribution >= 0.6 is 11.6 Å². The van der Waals surface area contributed by atoms with Gasteiger partial charge in [-0.2, -0.15) is 0 Å². The number of likely N-dealkylation sites (tertiary alicyclic amines) is 1. The molecule has 1 aliphatic heterocycles. The molecule has 0 aromatic heterocycles. The number of ketones is 1. The maximum absolute atomic E-state index is 12.2. The van der Waals surface area contributed by atoms with Crippen LogP contribution in [0.5, 0.6) is 0 Å². The maximum Gasteiger partial charge on any atom is 0.410 e. The lowest BCUT2D eigenvalue weighted by molar-refractivity contribution is -0.124. The van der Waals surface area contributed by atoms with E-state index in [1.807, 2.05) is 20.8 Å². The van der Waals surface area contributed by atoms with E-state index in [9.17, 15) is 9.59 Å². The number of carbonyl (C=O) groups is 2. The summed E-state index contributed by atoms with van der Waals surface area (Å²) in [6.07, 6.45) is 1.13. The number of alkyl halides is 1. The molecule has 0 bridgehead atoms. The molecule has 5 heteroatoms. The van der Waals surface area contributed by atoms with E-state index in [2.05, 4.69) is 13.8 Å². The van der Waals surface area contributed by atoms with Gasteiger partial charge in [0.25, 0.3) is 0 Å². The van der Waals surface area contributed by atoms with Crippen molar-refractivity contribution in [3.63, 3.8) is 0 Å². The Morgan fingerprint density at radius 3 is 2.42 bits per heavy atom. The van der Waals surface area contributed by atoms with Gasteiger partial charge in [0.05, 0.1) is 11.9 Å². The zero-order chi connectivity index (χ0) is 14.8. The van der Waals surface area contributed by atoms with Gasteiger partial charge in [0.2, 0.25) is 0 Å². The first-order valence-corrected chi connectivity index (χ1v) is 7.17. The lowest BCUT2D eigenvalue weighted by Gasteiger charge is -2.43. The summed E-state index contributed by atoms with van der Waals surface area (Å²) in [4.78, 5) is 25.7. The smallest absolute Gasteiger partial charge is 0.410 e. The zero-order valence-corrected chi connectivity index (χ0v) is 13.2. The number of hydrogen-bond acceptors (Lipinski definition) is 3. The normalized spacial score (nSPS) is 23.1. The lowest BCUT2D eigenvalue weighted by atomic mass is 9.80. The number of hydrogen-bond donors (Lipinski definition) is 0. The number of halogens is 1. The molecule has 0 aliphatic carbocycles. The fourth-order valence-corrected chi connectivity index (χ4v) is 2.45. The van der Waals surface area contributed by atoms with Crippen molar-refractivity contribution < 1.29 is 14.3 Å². The largest absolute Gasteiger partial charge is 0.444 e. The van der Waals surface area contributed by atoms with Gasteiger partial charge in [-0.05, 0) is 39.0 Å². The summed E-state index contributed by atoms with van der Waals surface area (Å²) < 4.78 is 5.39. The molecule has 1 heterocycles. The Hall–Kier alpha value is -0.770. The molecule has 0 N–H and O–H groups in total. The maximum atomic E-state index is 12.2. The Kier molecular flexibility index (Phi) is 4.88. The first kappa shape index (κ1) is 16.3. The molecule has 0 spiro atoms. The van der Waals surface area contributed by atoms with Crippen LogP contribution < -0.4 is 0 Å². The molecule has 19 heavy (non-hydrogen) atoms. The predicted octanol–water partition coefficient (Wildman–Crippen LogP) is 3.22. The van der Waals surface area contributed by atoms with Crippen molar-refractivity contribution >= 4 is 23.5 Å². The second kappa shape index (κ2) is 5.70. The van der Waals surface area contributed by atoms with E-state index in [1.54, 1.807) is 4.90 Å². The van der Waals surface area contributed by atoms with E-state index >= 15 is 0 Å². The van der Waals surface area contributed by atoms with Crippen LogP contribution in [0.25, 0.3) is 0 Å². The van der Waals surface area contributed by atoms with E-state index in [-0.39, 0.29) is 17.1 Å². The number of amides is 1. The number of nitrogens with zero attached hydrogens (tertiary/aromatic N) is 1. The third kappa shape index (κ3) is 4.68. The first-order valence-electron chi connectivity index (χ1n) is 6.64. The molecule has 110 valence electrons. The van der Waals surface area contributed by atoms with Crippen molar-refractivity contribution in [3.8, 4) is 0 Å². The molecule has 4 nitrogen and oxygen atoms in total. The zero-order valence-electron chi connectivity index (χ0n) is 12.5. The minimum atomic E-state index is -0.562. The van der Waals surface area contributed by atoms with Crippen molar-refractivity contribution in [1.29, 1.82) is 0 Å². The number of piperidine rings is 1. The van der Waals surface area contributed by atoms with E-state index in [0.717, 1.165) is 6.42 Å². The highest BCUT2D eigenvalue weighted by atomic mass is 35.5. The molecule has 0 aromatic carbocycles.